The molecule has 0 aliphatic carbocycles. The van der Waals surface area contributed by atoms with E-state index < -0.39 is 0 Å². The molecule has 0 fully saturated rings. The van der Waals surface area contributed by atoms with Crippen LogP contribution >= 0.6 is 0 Å². The van der Waals surface area contributed by atoms with Crippen LogP contribution in [-0.4, -0.2) is 24.1 Å². The van der Waals surface area contributed by atoms with Crippen LogP contribution in [0, 0.1) is 5.82 Å². The highest BCUT2D eigenvalue weighted by molar-refractivity contribution is 5.86. The maximum atomic E-state index is 13.4. The Kier molecular flexibility index (Phi) is 3.94. The predicted molar refractivity (Wildman–Crippen MR) is 109 cm³/mol. The summed E-state index contributed by atoms with van der Waals surface area (Å²) in [5.74, 6) is -0.293. The summed E-state index contributed by atoms with van der Waals surface area (Å²) in [6, 6.07) is 11.7. The molecule has 0 atom stereocenters. The molecule has 4 heterocycles. The van der Waals surface area contributed by atoms with Gasteiger partial charge in [0, 0.05) is 30.4 Å². The fraction of sp³-hybridized carbons (Fsp3) is 0.0909. The Bertz CT molecular complexity index is 1410. The molecule has 0 unspecified atom stereocenters. The second kappa shape index (κ2) is 6.63. The number of aryl methyl sites for hydroxylation is 1. The average molecular weight is 385 g/mol. The van der Waals surface area contributed by atoms with Crippen molar-refractivity contribution in [3.05, 3.63) is 89.1 Å². The van der Waals surface area contributed by atoms with E-state index in [0.29, 0.717) is 23.0 Å². The van der Waals surface area contributed by atoms with Crippen LogP contribution in [0.2, 0.25) is 0 Å². The summed E-state index contributed by atoms with van der Waals surface area (Å²) in [4.78, 5) is 21.6. The molecular weight excluding hydrogens is 369 g/mol. The van der Waals surface area contributed by atoms with E-state index in [4.69, 9.17) is 5.10 Å². The van der Waals surface area contributed by atoms with Crippen molar-refractivity contribution in [3.63, 3.8) is 0 Å². The molecule has 0 N–H and O–H groups in total. The summed E-state index contributed by atoms with van der Waals surface area (Å²) in [5, 5.41) is 5.17. The first-order chi connectivity index (χ1) is 14.2. The van der Waals surface area contributed by atoms with Gasteiger partial charge in [-0.05, 0) is 42.3 Å². The van der Waals surface area contributed by atoms with Crippen LogP contribution in [0.15, 0.2) is 72.0 Å². The number of benzene rings is 1. The van der Waals surface area contributed by atoms with Gasteiger partial charge in [0.15, 0.2) is 5.65 Å². The normalized spacial score (nSPS) is 11.4. The van der Waals surface area contributed by atoms with E-state index in [0.717, 1.165) is 22.5 Å². The number of pyridine rings is 2. The number of rotatable bonds is 3. The number of fused-ring (bicyclic) bond motifs is 3. The molecule has 0 saturated carbocycles. The Labute approximate surface area is 164 Å². The van der Waals surface area contributed by atoms with Crippen molar-refractivity contribution in [3.8, 4) is 16.8 Å². The Hall–Kier alpha value is -3.87. The van der Waals surface area contributed by atoms with Gasteiger partial charge in [-0.3, -0.25) is 14.3 Å². The van der Waals surface area contributed by atoms with Gasteiger partial charge in [0.25, 0.3) is 5.56 Å². The second-order valence-corrected chi connectivity index (χ2v) is 6.67. The number of aromatic nitrogens is 5. The molecule has 4 aromatic heterocycles. The third-order valence-corrected chi connectivity index (χ3v) is 4.99. The van der Waals surface area contributed by atoms with Gasteiger partial charge in [-0.1, -0.05) is 19.1 Å². The quantitative estimate of drug-likeness (QED) is 0.474. The van der Waals surface area contributed by atoms with E-state index in [1.807, 2.05) is 13.0 Å². The molecule has 142 valence electrons. The van der Waals surface area contributed by atoms with Gasteiger partial charge in [-0.2, -0.15) is 5.10 Å². The Morgan fingerprint density at radius 3 is 2.52 bits per heavy atom. The van der Waals surface area contributed by atoms with Crippen LogP contribution in [0.1, 0.15) is 12.6 Å². The molecule has 6 nitrogen and oxygen atoms in total. The first kappa shape index (κ1) is 17.2. The molecule has 0 spiro atoms. The molecule has 1 aromatic carbocycles. The van der Waals surface area contributed by atoms with Crippen molar-refractivity contribution in [2.24, 2.45) is 0 Å². The standard InChI is InChI=1S/C22H16FN5O/c1-2-18-20(14-3-5-15(23)6-4-14)21-25-13-17-19(28(21)26-18)9-12-27(22(17)29)16-7-10-24-11-8-16/h3-13H,2H2,1H3. The van der Waals surface area contributed by atoms with E-state index in [-0.39, 0.29) is 11.4 Å². The molecule has 0 bridgehead atoms. The number of halogens is 1. The lowest BCUT2D eigenvalue weighted by Crippen LogP contribution is -2.18. The summed E-state index contributed by atoms with van der Waals surface area (Å²) < 4.78 is 16.6. The van der Waals surface area contributed by atoms with Gasteiger partial charge in [0.1, 0.15) is 5.82 Å². The highest BCUT2D eigenvalue weighted by atomic mass is 19.1. The van der Waals surface area contributed by atoms with Crippen LogP contribution in [0.4, 0.5) is 4.39 Å². The molecular formula is C22H16FN5O. The molecule has 0 saturated heterocycles. The van der Waals surface area contributed by atoms with Gasteiger partial charge in [-0.25, -0.2) is 13.9 Å². The fourth-order valence-electron chi connectivity index (χ4n) is 3.58. The molecule has 5 rings (SSSR count). The lowest BCUT2D eigenvalue weighted by atomic mass is 10.0. The predicted octanol–water partition coefficient (Wildman–Crippen LogP) is 3.80. The van der Waals surface area contributed by atoms with E-state index >= 15 is 0 Å². The second-order valence-electron chi connectivity index (χ2n) is 6.67. The van der Waals surface area contributed by atoms with Crippen molar-refractivity contribution in [2.75, 3.05) is 0 Å². The minimum absolute atomic E-state index is 0.181. The van der Waals surface area contributed by atoms with E-state index in [9.17, 15) is 9.18 Å². The summed E-state index contributed by atoms with van der Waals surface area (Å²) in [5.41, 5.74) is 4.40. The molecule has 0 aliphatic heterocycles. The first-order valence-electron chi connectivity index (χ1n) is 9.25. The van der Waals surface area contributed by atoms with Crippen LogP contribution in [0.3, 0.4) is 0 Å². The maximum Gasteiger partial charge on any atom is 0.266 e. The lowest BCUT2D eigenvalue weighted by Gasteiger charge is -2.08. The van der Waals surface area contributed by atoms with Crippen LogP contribution < -0.4 is 5.56 Å². The molecule has 5 aromatic rings. The van der Waals surface area contributed by atoms with Crippen molar-refractivity contribution in [2.45, 2.75) is 13.3 Å². The number of hydrogen-bond acceptors (Lipinski definition) is 4. The Morgan fingerprint density at radius 1 is 1.03 bits per heavy atom. The minimum atomic E-state index is -0.293. The summed E-state index contributed by atoms with van der Waals surface area (Å²) in [6.45, 7) is 2.01. The SMILES string of the molecule is CCc1nn2c(ncc3c(=O)n(-c4ccncc4)ccc32)c1-c1ccc(F)cc1. The maximum absolute atomic E-state index is 13.4. The zero-order chi connectivity index (χ0) is 20.0. The van der Waals surface area contributed by atoms with Crippen LogP contribution in [-0.2, 0) is 6.42 Å². The molecule has 0 amide bonds. The van der Waals surface area contributed by atoms with E-state index in [1.165, 1.54) is 12.1 Å². The van der Waals surface area contributed by atoms with E-state index in [2.05, 4.69) is 9.97 Å². The summed E-state index contributed by atoms with van der Waals surface area (Å²) in [7, 11) is 0. The third-order valence-electron chi connectivity index (χ3n) is 4.99. The lowest BCUT2D eigenvalue weighted by molar-refractivity contribution is 0.628. The highest BCUT2D eigenvalue weighted by Crippen LogP contribution is 2.29. The van der Waals surface area contributed by atoms with Crippen molar-refractivity contribution in [1.82, 2.24) is 24.1 Å². The van der Waals surface area contributed by atoms with Crippen molar-refractivity contribution >= 4 is 16.6 Å². The monoisotopic (exact) mass is 385 g/mol. The summed E-state index contributed by atoms with van der Waals surface area (Å²) >= 11 is 0. The summed E-state index contributed by atoms with van der Waals surface area (Å²) in [6.07, 6.45) is 7.28. The zero-order valence-electron chi connectivity index (χ0n) is 15.6. The van der Waals surface area contributed by atoms with Gasteiger partial charge in [-0.15, -0.1) is 0 Å². The molecule has 7 heteroatoms. The fourth-order valence-corrected chi connectivity index (χ4v) is 3.58. The highest BCUT2D eigenvalue weighted by Gasteiger charge is 2.18. The van der Waals surface area contributed by atoms with Gasteiger partial charge >= 0.3 is 0 Å². The Morgan fingerprint density at radius 2 is 1.79 bits per heavy atom. The molecule has 0 aliphatic rings. The largest absolute Gasteiger partial charge is 0.284 e. The van der Waals surface area contributed by atoms with Crippen molar-refractivity contribution in [1.29, 1.82) is 0 Å². The van der Waals surface area contributed by atoms with Crippen LogP contribution in [0.25, 0.3) is 33.4 Å². The zero-order valence-corrected chi connectivity index (χ0v) is 15.6. The average Bonchev–Trinajstić information content (AvgIpc) is 3.14. The van der Waals surface area contributed by atoms with Crippen molar-refractivity contribution < 1.29 is 4.39 Å². The number of nitrogens with zero attached hydrogens (tertiary/aromatic N) is 5. The van der Waals surface area contributed by atoms with Gasteiger partial charge in [0.2, 0.25) is 0 Å². The van der Waals surface area contributed by atoms with Gasteiger partial charge < -0.3 is 0 Å². The first-order valence-corrected chi connectivity index (χ1v) is 9.25. The minimum Gasteiger partial charge on any atom is -0.284 e. The molecule has 29 heavy (non-hydrogen) atoms. The van der Waals surface area contributed by atoms with Gasteiger partial charge in [0.05, 0.1) is 22.3 Å². The van der Waals surface area contributed by atoms with E-state index in [1.54, 1.807) is 58.1 Å². The van der Waals surface area contributed by atoms with Crippen LogP contribution in [0.5, 0.6) is 0 Å². The molecule has 0 radical (unpaired) electrons. The smallest absolute Gasteiger partial charge is 0.266 e. The topological polar surface area (TPSA) is 65.1 Å². The number of hydrogen-bond donors (Lipinski definition) is 0. The third kappa shape index (κ3) is 2.70. The Balaban J connectivity index is 1.79.